The van der Waals surface area contributed by atoms with Gasteiger partial charge in [0.25, 0.3) is 5.91 Å². The van der Waals surface area contributed by atoms with Crippen molar-refractivity contribution >= 4 is 23.9 Å². The molecular weight excluding hydrogens is 546 g/mol. The Morgan fingerprint density at radius 1 is 0.976 bits per heavy atom. The second-order valence-electron chi connectivity index (χ2n) is 12.3. The monoisotopic (exact) mass is 585 g/mol. The van der Waals surface area contributed by atoms with Crippen molar-refractivity contribution in [3.63, 3.8) is 0 Å². The fourth-order valence-corrected chi connectivity index (χ4v) is 5.18. The lowest BCUT2D eigenvalue weighted by Gasteiger charge is -2.27. The second kappa shape index (κ2) is 12.4. The summed E-state index contributed by atoms with van der Waals surface area (Å²) in [7, 11) is 1.63. The Kier molecular flexibility index (Phi) is 9.11. The van der Waals surface area contributed by atoms with E-state index in [1.54, 1.807) is 13.3 Å². The molecule has 0 aliphatic carbocycles. The zero-order valence-electron chi connectivity index (χ0n) is 25.5. The normalized spacial score (nSPS) is 12.1. The highest BCUT2D eigenvalue weighted by molar-refractivity contribution is 7.99. The number of nitrogens with zero attached hydrogens (tertiary/aromatic N) is 4. The van der Waals surface area contributed by atoms with Crippen LogP contribution in [0.3, 0.4) is 0 Å². The minimum atomic E-state index is -0.272. The third kappa shape index (κ3) is 7.20. The molecule has 0 saturated carbocycles. The molecule has 0 bridgehead atoms. The number of aromatic nitrogens is 3. The van der Waals surface area contributed by atoms with E-state index in [2.05, 4.69) is 62.3 Å². The Bertz CT molecular complexity index is 1540. The Morgan fingerprint density at radius 3 is 2.12 bits per heavy atom. The maximum atomic E-state index is 12.8. The zero-order chi connectivity index (χ0) is 30.7. The van der Waals surface area contributed by atoms with E-state index in [0.717, 1.165) is 39.3 Å². The first kappa shape index (κ1) is 30.8. The number of aryl methyl sites for hydroxylation is 1. The van der Waals surface area contributed by atoms with Crippen LogP contribution in [0.2, 0.25) is 0 Å². The van der Waals surface area contributed by atoms with Gasteiger partial charge in [0.15, 0.2) is 11.0 Å². The lowest BCUT2D eigenvalue weighted by Crippen LogP contribution is -2.20. The summed E-state index contributed by atoms with van der Waals surface area (Å²) in [6, 6.07) is 19.5. The molecule has 0 fully saturated rings. The minimum absolute atomic E-state index is 0.0972. The number of phenols is 1. The third-order valence-electron chi connectivity index (χ3n) is 6.76. The summed E-state index contributed by atoms with van der Waals surface area (Å²) in [5.41, 5.74) is 7.50. The van der Waals surface area contributed by atoms with Gasteiger partial charge in [-0.05, 0) is 71.8 Å². The number of ether oxygens (including phenoxy) is 1. The molecular formula is C33H39N5O3S. The minimum Gasteiger partial charge on any atom is -0.507 e. The van der Waals surface area contributed by atoms with Crippen LogP contribution in [0.5, 0.6) is 11.5 Å². The fourth-order valence-electron chi connectivity index (χ4n) is 4.43. The van der Waals surface area contributed by atoms with Crippen molar-refractivity contribution in [3.8, 4) is 28.6 Å². The molecule has 0 atom stereocenters. The van der Waals surface area contributed by atoms with Crippen molar-refractivity contribution in [1.29, 1.82) is 0 Å². The number of hydrogen-bond donors (Lipinski definition) is 2. The molecule has 0 aliphatic rings. The van der Waals surface area contributed by atoms with Gasteiger partial charge in [0.2, 0.25) is 0 Å². The Labute approximate surface area is 252 Å². The van der Waals surface area contributed by atoms with Gasteiger partial charge in [-0.25, -0.2) is 5.43 Å². The van der Waals surface area contributed by atoms with Crippen molar-refractivity contribution in [3.05, 3.63) is 82.9 Å². The number of carbonyl (C=O) groups excluding carboxylic acids is 1. The number of carbonyl (C=O) groups is 1. The topological polar surface area (TPSA) is 102 Å². The van der Waals surface area contributed by atoms with Crippen LogP contribution >= 0.6 is 11.8 Å². The number of benzene rings is 3. The van der Waals surface area contributed by atoms with Crippen LogP contribution in [-0.4, -0.2) is 44.9 Å². The summed E-state index contributed by atoms with van der Waals surface area (Å²) in [5.74, 6) is 1.55. The first-order valence-electron chi connectivity index (χ1n) is 13.8. The van der Waals surface area contributed by atoms with Crippen LogP contribution < -0.4 is 10.2 Å². The number of amides is 1. The number of rotatable bonds is 8. The van der Waals surface area contributed by atoms with Gasteiger partial charge in [-0.3, -0.25) is 9.36 Å². The molecule has 220 valence electrons. The predicted octanol–water partition coefficient (Wildman–Crippen LogP) is 6.79. The molecule has 9 heteroatoms. The molecule has 1 heterocycles. The third-order valence-corrected chi connectivity index (χ3v) is 7.69. The first-order chi connectivity index (χ1) is 19.8. The van der Waals surface area contributed by atoms with E-state index in [9.17, 15) is 9.90 Å². The number of nitrogens with one attached hydrogen (secondary N) is 1. The molecule has 0 aliphatic heterocycles. The second-order valence-corrected chi connectivity index (χ2v) is 13.2. The van der Waals surface area contributed by atoms with Crippen LogP contribution in [0.15, 0.2) is 70.9 Å². The zero-order valence-corrected chi connectivity index (χ0v) is 26.3. The smallest absolute Gasteiger partial charge is 0.250 e. The van der Waals surface area contributed by atoms with Crippen LogP contribution in [-0.2, 0) is 15.6 Å². The molecule has 4 aromatic rings. The summed E-state index contributed by atoms with van der Waals surface area (Å²) in [4.78, 5) is 12.8. The molecule has 0 radical (unpaired) electrons. The van der Waals surface area contributed by atoms with Crippen molar-refractivity contribution < 1.29 is 14.6 Å². The number of phenolic OH excluding ortho intramolecular Hbond substituents is 1. The highest BCUT2D eigenvalue weighted by Gasteiger charge is 2.26. The standard InChI is InChI=1S/C33H39N5O3S/c1-21-9-13-24(14-10-21)38-30(23-11-15-25(41-8)16-12-23)36-37-31(38)42-20-28(39)35-34-19-22-17-26(32(2,3)4)29(40)27(18-22)33(5,6)7/h9-19,40H,20H2,1-8H3,(H,35,39). The summed E-state index contributed by atoms with van der Waals surface area (Å²) in [5, 5.41) is 24.6. The van der Waals surface area contributed by atoms with Crippen LogP contribution in [0.1, 0.15) is 63.8 Å². The molecule has 0 saturated heterocycles. The molecule has 1 amide bonds. The molecule has 4 rings (SSSR count). The number of hydrogen-bond acceptors (Lipinski definition) is 7. The SMILES string of the molecule is COc1ccc(-c2nnc(SCC(=O)NN=Cc3cc(C(C)(C)C)c(O)c(C(C)(C)C)c3)n2-c2ccc(C)cc2)cc1. The molecule has 1 aromatic heterocycles. The maximum absolute atomic E-state index is 12.8. The van der Waals surface area contributed by atoms with Gasteiger partial charge in [0.1, 0.15) is 11.5 Å². The van der Waals surface area contributed by atoms with E-state index in [0.29, 0.717) is 16.7 Å². The highest BCUT2D eigenvalue weighted by Crippen LogP contribution is 2.39. The van der Waals surface area contributed by atoms with Crippen LogP contribution in [0.4, 0.5) is 0 Å². The van der Waals surface area contributed by atoms with Gasteiger partial charge in [0.05, 0.1) is 19.1 Å². The van der Waals surface area contributed by atoms with Gasteiger partial charge in [-0.15, -0.1) is 10.2 Å². The van der Waals surface area contributed by atoms with E-state index in [4.69, 9.17) is 4.74 Å². The molecule has 3 aromatic carbocycles. The number of methoxy groups -OCH3 is 1. The van der Waals surface area contributed by atoms with Gasteiger partial charge in [-0.2, -0.15) is 5.10 Å². The maximum Gasteiger partial charge on any atom is 0.250 e. The van der Waals surface area contributed by atoms with E-state index < -0.39 is 0 Å². The van der Waals surface area contributed by atoms with Gasteiger partial charge in [0, 0.05) is 22.4 Å². The Balaban J connectivity index is 1.53. The van der Waals surface area contributed by atoms with Crippen LogP contribution in [0.25, 0.3) is 17.1 Å². The van der Waals surface area contributed by atoms with E-state index in [-0.39, 0.29) is 22.5 Å². The summed E-state index contributed by atoms with van der Waals surface area (Å²) < 4.78 is 7.24. The molecule has 42 heavy (non-hydrogen) atoms. The van der Waals surface area contributed by atoms with Crippen molar-refractivity contribution in [1.82, 2.24) is 20.2 Å². The molecule has 0 spiro atoms. The van der Waals surface area contributed by atoms with Crippen LogP contribution in [0, 0.1) is 6.92 Å². The van der Waals surface area contributed by atoms with Gasteiger partial charge < -0.3 is 9.84 Å². The van der Waals surface area contributed by atoms with E-state index in [1.165, 1.54) is 11.8 Å². The van der Waals surface area contributed by atoms with Crippen molar-refractivity contribution in [2.75, 3.05) is 12.9 Å². The fraction of sp³-hybridized carbons (Fsp3) is 0.333. The average molecular weight is 586 g/mol. The van der Waals surface area contributed by atoms with E-state index in [1.807, 2.05) is 72.2 Å². The number of hydrazone groups is 1. The van der Waals surface area contributed by atoms with E-state index >= 15 is 0 Å². The largest absolute Gasteiger partial charge is 0.507 e. The lowest BCUT2D eigenvalue weighted by molar-refractivity contribution is -0.118. The lowest BCUT2D eigenvalue weighted by atomic mass is 9.78. The summed E-state index contributed by atoms with van der Waals surface area (Å²) >= 11 is 1.28. The number of aromatic hydroxyl groups is 1. The van der Waals surface area contributed by atoms with Gasteiger partial charge >= 0.3 is 0 Å². The Morgan fingerprint density at radius 2 is 1.57 bits per heavy atom. The average Bonchev–Trinajstić information content (AvgIpc) is 3.35. The molecule has 0 unspecified atom stereocenters. The quantitative estimate of drug-likeness (QED) is 0.134. The molecule has 2 N–H and O–H groups in total. The predicted molar refractivity (Wildman–Crippen MR) is 170 cm³/mol. The van der Waals surface area contributed by atoms with Gasteiger partial charge in [-0.1, -0.05) is 71.0 Å². The first-order valence-corrected chi connectivity index (χ1v) is 14.8. The summed E-state index contributed by atoms with van der Waals surface area (Å²) in [6.45, 7) is 14.4. The highest BCUT2D eigenvalue weighted by atomic mass is 32.2. The Hall–Kier alpha value is -4.11. The molecule has 8 nitrogen and oxygen atoms in total. The summed E-state index contributed by atoms with van der Waals surface area (Å²) in [6.07, 6.45) is 1.61. The van der Waals surface area contributed by atoms with Crippen molar-refractivity contribution in [2.45, 2.75) is 64.5 Å². The van der Waals surface area contributed by atoms with Crippen molar-refractivity contribution in [2.24, 2.45) is 5.10 Å². The number of thioether (sulfide) groups is 1.